The van der Waals surface area contributed by atoms with Crippen molar-refractivity contribution in [1.29, 1.82) is 0 Å². The van der Waals surface area contributed by atoms with Crippen molar-refractivity contribution in [3.63, 3.8) is 0 Å². The van der Waals surface area contributed by atoms with Crippen molar-refractivity contribution in [3.8, 4) is 5.75 Å². The van der Waals surface area contributed by atoms with Crippen LogP contribution >= 0.6 is 15.9 Å². The molecule has 138 valence electrons. The minimum atomic E-state index is 0.231. The molecule has 25 heavy (non-hydrogen) atoms. The van der Waals surface area contributed by atoms with Crippen LogP contribution < -0.4 is 4.74 Å². The molecule has 1 amide bonds. The molecule has 2 fully saturated rings. The van der Waals surface area contributed by atoms with Gasteiger partial charge in [0.1, 0.15) is 12.4 Å². The number of ether oxygens (including phenoxy) is 2. The minimum absolute atomic E-state index is 0.231. The van der Waals surface area contributed by atoms with E-state index in [1.165, 1.54) is 0 Å². The second-order valence-corrected chi connectivity index (χ2v) is 7.33. The van der Waals surface area contributed by atoms with Gasteiger partial charge in [0.2, 0.25) is 5.91 Å². The van der Waals surface area contributed by atoms with E-state index < -0.39 is 0 Å². The van der Waals surface area contributed by atoms with Crippen molar-refractivity contribution in [2.24, 2.45) is 0 Å². The summed E-state index contributed by atoms with van der Waals surface area (Å²) in [4.78, 5) is 18.9. The highest BCUT2D eigenvalue weighted by Gasteiger charge is 2.22. The zero-order valence-electron chi connectivity index (χ0n) is 14.5. The van der Waals surface area contributed by atoms with E-state index in [1.54, 1.807) is 0 Å². The van der Waals surface area contributed by atoms with Crippen LogP contribution in [0.4, 0.5) is 0 Å². The summed E-state index contributed by atoms with van der Waals surface area (Å²) in [6, 6.07) is 7.92. The Morgan fingerprint density at radius 1 is 1.08 bits per heavy atom. The second-order valence-electron chi connectivity index (χ2n) is 6.42. The lowest BCUT2D eigenvalue weighted by Crippen LogP contribution is -2.52. The highest BCUT2D eigenvalue weighted by Crippen LogP contribution is 2.17. The molecule has 0 saturated carbocycles. The fourth-order valence-corrected chi connectivity index (χ4v) is 3.50. The predicted molar refractivity (Wildman–Crippen MR) is 99.9 cm³/mol. The van der Waals surface area contributed by atoms with Crippen molar-refractivity contribution in [2.45, 2.75) is 0 Å². The first kappa shape index (κ1) is 18.6. The van der Waals surface area contributed by atoms with Crippen LogP contribution in [0.15, 0.2) is 28.7 Å². The Morgan fingerprint density at radius 2 is 1.80 bits per heavy atom. The first-order valence-corrected chi connectivity index (χ1v) is 9.68. The summed E-state index contributed by atoms with van der Waals surface area (Å²) in [5.74, 6) is 1.12. The van der Waals surface area contributed by atoms with Gasteiger partial charge in [-0.25, -0.2) is 0 Å². The lowest BCUT2D eigenvalue weighted by Gasteiger charge is -2.35. The summed E-state index contributed by atoms with van der Waals surface area (Å²) in [7, 11) is 0. The molecule has 6 nitrogen and oxygen atoms in total. The molecule has 0 radical (unpaired) electrons. The summed E-state index contributed by atoms with van der Waals surface area (Å²) >= 11 is 3.45. The Kier molecular flexibility index (Phi) is 7.10. The summed E-state index contributed by atoms with van der Waals surface area (Å²) in [6.45, 7) is 8.76. The number of hydrogen-bond acceptors (Lipinski definition) is 5. The van der Waals surface area contributed by atoms with E-state index in [0.29, 0.717) is 26.4 Å². The van der Waals surface area contributed by atoms with Gasteiger partial charge in [-0.15, -0.1) is 0 Å². The summed E-state index contributed by atoms with van der Waals surface area (Å²) in [6.07, 6.45) is 0. The van der Waals surface area contributed by atoms with Crippen LogP contribution in [-0.4, -0.2) is 92.8 Å². The van der Waals surface area contributed by atoms with E-state index in [4.69, 9.17) is 9.47 Å². The Labute approximate surface area is 157 Å². The molecule has 0 aromatic heterocycles. The molecule has 2 aliphatic heterocycles. The number of amides is 1. The smallest absolute Gasteiger partial charge is 0.236 e. The number of nitrogens with zero attached hydrogens (tertiary/aromatic N) is 3. The first-order chi connectivity index (χ1) is 12.2. The van der Waals surface area contributed by atoms with E-state index in [0.717, 1.165) is 56.0 Å². The average molecular weight is 412 g/mol. The van der Waals surface area contributed by atoms with Crippen LogP contribution in [0.2, 0.25) is 0 Å². The fourth-order valence-electron chi connectivity index (χ4n) is 3.12. The van der Waals surface area contributed by atoms with Crippen LogP contribution in [0.3, 0.4) is 0 Å². The van der Waals surface area contributed by atoms with Gasteiger partial charge in [0.15, 0.2) is 0 Å². The van der Waals surface area contributed by atoms with E-state index in [-0.39, 0.29) is 5.91 Å². The van der Waals surface area contributed by atoms with Crippen LogP contribution in [0, 0.1) is 0 Å². The maximum absolute atomic E-state index is 12.3. The Bertz CT molecular complexity index is 558. The van der Waals surface area contributed by atoms with Crippen molar-refractivity contribution in [3.05, 3.63) is 28.7 Å². The topological polar surface area (TPSA) is 45.2 Å². The van der Waals surface area contributed by atoms with Crippen LogP contribution in [-0.2, 0) is 9.53 Å². The van der Waals surface area contributed by atoms with Gasteiger partial charge in [-0.2, -0.15) is 0 Å². The largest absolute Gasteiger partial charge is 0.492 e. The normalized spacial score (nSPS) is 19.8. The maximum Gasteiger partial charge on any atom is 0.236 e. The standard InChI is InChI=1S/C18H26BrN3O3/c19-16-2-1-3-17(14-16)25-13-8-20-4-6-21(7-5-20)15-18(23)22-9-11-24-12-10-22/h1-3,14H,4-13,15H2. The van der Waals surface area contributed by atoms with E-state index in [2.05, 4.69) is 25.7 Å². The van der Waals surface area contributed by atoms with Crippen molar-refractivity contribution < 1.29 is 14.3 Å². The highest BCUT2D eigenvalue weighted by molar-refractivity contribution is 9.10. The van der Waals surface area contributed by atoms with Gasteiger partial charge in [-0.3, -0.25) is 14.6 Å². The number of hydrogen-bond donors (Lipinski definition) is 0. The number of piperazine rings is 1. The SMILES string of the molecule is O=C(CN1CCN(CCOc2cccc(Br)c2)CC1)N1CCOCC1. The lowest BCUT2D eigenvalue weighted by molar-refractivity contribution is -0.136. The minimum Gasteiger partial charge on any atom is -0.492 e. The van der Waals surface area contributed by atoms with Gasteiger partial charge in [-0.05, 0) is 18.2 Å². The van der Waals surface area contributed by atoms with Crippen molar-refractivity contribution in [2.75, 3.05) is 72.2 Å². The number of halogens is 1. The number of morpholine rings is 1. The van der Waals surface area contributed by atoms with E-state index in [1.807, 2.05) is 29.2 Å². The summed E-state index contributed by atoms with van der Waals surface area (Å²) in [5.41, 5.74) is 0. The van der Waals surface area contributed by atoms with Gasteiger partial charge in [0.05, 0.1) is 19.8 Å². The zero-order chi connectivity index (χ0) is 17.5. The molecule has 2 saturated heterocycles. The molecule has 0 atom stereocenters. The molecule has 0 aliphatic carbocycles. The van der Waals surface area contributed by atoms with Gasteiger partial charge >= 0.3 is 0 Å². The Balaban J connectivity index is 1.32. The molecule has 0 spiro atoms. The third-order valence-corrected chi connectivity index (χ3v) is 5.15. The summed E-state index contributed by atoms with van der Waals surface area (Å²) < 4.78 is 12.1. The third-order valence-electron chi connectivity index (χ3n) is 4.66. The molecule has 2 aliphatic rings. The van der Waals surface area contributed by atoms with E-state index >= 15 is 0 Å². The number of rotatable bonds is 6. The van der Waals surface area contributed by atoms with Gasteiger partial charge < -0.3 is 14.4 Å². The molecule has 0 unspecified atom stereocenters. The number of carbonyl (C=O) groups excluding carboxylic acids is 1. The van der Waals surface area contributed by atoms with Gasteiger partial charge in [-0.1, -0.05) is 22.0 Å². The summed E-state index contributed by atoms with van der Waals surface area (Å²) in [5, 5.41) is 0. The molecule has 0 bridgehead atoms. The maximum atomic E-state index is 12.3. The first-order valence-electron chi connectivity index (χ1n) is 8.89. The fraction of sp³-hybridized carbons (Fsp3) is 0.611. The lowest BCUT2D eigenvalue weighted by atomic mass is 10.3. The molecule has 7 heteroatoms. The van der Waals surface area contributed by atoms with E-state index in [9.17, 15) is 4.79 Å². The molecule has 2 heterocycles. The molecule has 0 N–H and O–H groups in total. The van der Waals surface area contributed by atoms with Gasteiger partial charge in [0, 0.05) is 50.3 Å². The third kappa shape index (κ3) is 5.95. The molecule has 1 aromatic rings. The average Bonchev–Trinajstić information content (AvgIpc) is 2.64. The monoisotopic (exact) mass is 411 g/mol. The number of carbonyl (C=O) groups is 1. The Hall–Kier alpha value is -1.15. The van der Waals surface area contributed by atoms with Crippen LogP contribution in [0.25, 0.3) is 0 Å². The van der Waals surface area contributed by atoms with Crippen molar-refractivity contribution >= 4 is 21.8 Å². The zero-order valence-corrected chi connectivity index (χ0v) is 16.1. The van der Waals surface area contributed by atoms with Gasteiger partial charge in [0.25, 0.3) is 0 Å². The van der Waals surface area contributed by atoms with Crippen molar-refractivity contribution in [1.82, 2.24) is 14.7 Å². The predicted octanol–water partition coefficient (Wildman–Crippen LogP) is 1.30. The molecular weight excluding hydrogens is 386 g/mol. The highest BCUT2D eigenvalue weighted by atomic mass is 79.9. The second kappa shape index (κ2) is 9.52. The Morgan fingerprint density at radius 3 is 2.52 bits per heavy atom. The molecular formula is C18H26BrN3O3. The van der Waals surface area contributed by atoms with Crippen LogP contribution in [0.1, 0.15) is 0 Å². The molecule has 1 aromatic carbocycles. The van der Waals surface area contributed by atoms with Crippen LogP contribution in [0.5, 0.6) is 5.75 Å². The number of benzene rings is 1. The molecule has 3 rings (SSSR count). The quantitative estimate of drug-likeness (QED) is 0.705.